The maximum atomic E-state index is 12.2. The van der Waals surface area contributed by atoms with Gasteiger partial charge in [0.2, 0.25) is 0 Å². The zero-order valence-electron chi connectivity index (χ0n) is 12.9. The molecular weight excluding hydrogens is 252 g/mol. The van der Waals surface area contributed by atoms with Gasteiger partial charge in [-0.15, -0.1) is 0 Å². The molecule has 0 amide bonds. The third-order valence-electron chi connectivity index (χ3n) is 4.42. The summed E-state index contributed by atoms with van der Waals surface area (Å²) in [7, 11) is 0. The summed E-state index contributed by atoms with van der Waals surface area (Å²) in [6.45, 7) is 5.61. The molecule has 1 saturated carbocycles. The Hall–Kier alpha value is -1.24. The van der Waals surface area contributed by atoms with Crippen molar-refractivity contribution in [1.29, 1.82) is 5.26 Å². The number of carbonyl (C=O) groups is 1. The number of ether oxygens (including phenoxy) is 1. The third-order valence-corrected chi connectivity index (χ3v) is 4.42. The van der Waals surface area contributed by atoms with Gasteiger partial charge in [0.15, 0.2) is 6.19 Å². The smallest absolute Gasteiger partial charge is 0.330 e. The number of esters is 1. The van der Waals surface area contributed by atoms with Gasteiger partial charge in [0, 0.05) is 6.04 Å². The van der Waals surface area contributed by atoms with E-state index in [9.17, 15) is 10.1 Å². The average Bonchev–Trinajstić information content (AvgIpc) is 2.81. The highest BCUT2D eigenvalue weighted by molar-refractivity contribution is 5.77. The van der Waals surface area contributed by atoms with Crippen molar-refractivity contribution in [3.63, 3.8) is 0 Å². The van der Waals surface area contributed by atoms with Crippen LogP contribution in [0.5, 0.6) is 0 Å². The molecule has 4 heteroatoms. The van der Waals surface area contributed by atoms with Gasteiger partial charge in [-0.05, 0) is 52.4 Å². The van der Waals surface area contributed by atoms with Gasteiger partial charge >= 0.3 is 5.97 Å². The van der Waals surface area contributed by atoms with Crippen LogP contribution < -0.4 is 0 Å². The highest BCUT2D eigenvalue weighted by Gasteiger charge is 2.42. The minimum absolute atomic E-state index is 0.239. The molecule has 1 heterocycles. The van der Waals surface area contributed by atoms with Crippen molar-refractivity contribution in [2.75, 3.05) is 0 Å². The fourth-order valence-corrected chi connectivity index (χ4v) is 3.56. The van der Waals surface area contributed by atoms with E-state index in [2.05, 4.69) is 6.19 Å². The Morgan fingerprint density at radius 3 is 2.35 bits per heavy atom. The van der Waals surface area contributed by atoms with Crippen molar-refractivity contribution in [1.82, 2.24) is 4.90 Å². The van der Waals surface area contributed by atoms with Gasteiger partial charge in [0.05, 0.1) is 0 Å². The number of hydrogen-bond acceptors (Lipinski definition) is 4. The van der Waals surface area contributed by atoms with Crippen LogP contribution in [0.4, 0.5) is 0 Å². The van der Waals surface area contributed by atoms with Gasteiger partial charge in [-0.1, -0.05) is 19.3 Å². The molecule has 2 rings (SSSR count). The van der Waals surface area contributed by atoms with E-state index in [1.165, 1.54) is 32.1 Å². The van der Waals surface area contributed by atoms with Gasteiger partial charge in [-0.2, -0.15) is 5.26 Å². The molecule has 0 radical (unpaired) electrons. The molecule has 2 unspecified atom stereocenters. The lowest BCUT2D eigenvalue weighted by Crippen LogP contribution is -2.43. The SMILES string of the molecule is CC(C)(C)OC(=O)C1CCC(C2CCCCC2)N1C#N. The lowest BCUT2D eigenvalue weighted by Gasteiger charge is -2.33. The van der Waals surface area contributed by atoms with E-state index in [0.29, 0.717) is 5.92 Å². The molecular formula is C16H26N2O2. The van der Waals surface area contributed by atoms with Crippen molar-refractivity contribution >= 4 is 5.97 Å². The normalized spacial score (nSPS) is 28.2. The number of nitrogens with zero attached hydrogens (tertiary/aromatic N) is 2. The van der Waals surface area contributed by atoms with Crippen LogP contribution in [0.25, 0.3) is 0 Å². The Bertz CT molecular complexity index is 388. The van der Waals surface area contributed by atoms with E-state index in [-0.39, 0.29) is 18.1 Å². The first-order chi connectivity index (χ1) is 9.42. The molecule has 0 bridgehead atoms. The fraction of sp³-hybridized carbons (Fsp3) is 0.875. The van der Waals surface area contributed by atoms with Crippen LogP contribution in [0.3, 0.4) is 0 Å². The Morgan fingerprint density at radius 2 is 1.80 bits per heavy atom. The van der Waals surface area contributed by atoms with Crippen molar-refractivity contribution in [2.24, 2.45) is 5.92 Å². The average molecular weight is 278 g/mol. The molecule has 2 fully saturated rings. The molecule has 0 N–H and O–H groups in total. The van der Waals surface area contributed by atoms with Crippen molar-refractivity contribution in [3.8, 4) is 6.19 Å². The van der Waals surface area contributed by atoms with Crippen LogP contribution in [-0.4, -0.2) is 28.6 Å². The first kappa shape index (κ1) is 15.2. The number of likely N-dealkylation sites (tertiary alicyclic amines) is 1. The van der Waals surface area contributed by atoms with Crippen LogP contribution in [0, 0.1) is 17.4 Å². The Balaban J connectivity index is 2.02. The summed E-state index contributed by atoms with van der Waals surface area (Å²) in [5.74, 6) is 0.341. The second kappa shape index (κ2) is 6.03. The molecule has 2 atom stereocenters. The monoisotopic (exact) mass is 278 g/mol. The second-order valence-electron chi connectivity index (χ2n) is 7.10. The molecule has 2 aliphatic rings. The summed E-state index contributed by atoms with van der Waals surface area (Å²) in [6, 6.07) is -0.121. The fourth-order valence-electron chi connectivity index (χ4n) is 3.56. The van der Waals surface area contributed by atoms with Crippen molar-refractivity contribution in [3.05, 3.63) is 0 Å². The lowest BCUT2D eigenvalue weighted by atomic mass is 9.83. The zero-order chi connectivity index (χ0) is 14.8. The minimum atomic E-state index is -0.485. The first-order valence-electron chi connectivity index (χ1n) is 7.83. The Kier molecular flexibility index (Phi) is 4.57. The van der Waals surface area contributed by atoms with Gasteiger partial charge < -0.3 is 4.74 Å². The molecule has 112 valence electrons. The summed E-state index contributed by atoms with van der Waals surface area (Å²) in [4.78, 5) is 14.0. The number of rotatable bonds is 2. The highest BCUT2D eigenvalue weighted by atomic mass is 16.6. The predicted octanol–water partition coefficient (Wildman–Crippen LogP) is 3.22. The highest BCUT2D eigenvalue weighted by Crippen LogP contribution is 2.37. The van der Waals surface area contributed by atoms with Crippen molar-refractivity contribution < 1.29 is 9.53 Å². The van der Waals surface area contributed by atoms with Crippen LogP contribution in [0.15, 0.2) is 0 Å². The molecule has 1 aliphatic carbocycles. The first-order valence-corrected chi connectivity index (χ1v) is 7.83. The summed E-state index contributed by atoms with van der Waals surface area (Å²) < 4.78 is 5.46. The molecule has 20 heavy (non-hydrogen) atoms. The van der Waals surface area contributed by atoms with Crippen LogP contribution in [0.1, 0.15) is 65.7 Å². The summed E-state index contributed by atoms with van der Waals surface area (Å²) in [6.07, 6.45) is 10.2. The van der Waals surface area contributed by atoms with E-state index in [4.69, 9.17) is 4.74 Å². The van der Waals surface area contributed by atoms with Gasteiger partial charge in [0.25, 0.3) is 0 Å². The quantitative estimate of drug-likeness (QED) is 0.575. The summed E-state index contributed by atoms with van der Waals surface area (Å²) in [5.41, 5.74) is -0.485. The Morgan fingerprint density at radius 1 is 1.15 bits per heavy atom. The molecule has 0 aromatic carbocycles. The third kappa shape index (κ3) is 3.45. The van der Waals surface area contributed by atoms with Crippen LogP contribution in [-0.2, 0) is 9.53 Å². The van der Waals surface area contributed by atoms with Gasteiger partial charge in [-0.3, -0.25) is 4.90 Å². The number of carbonyl (C=O) groups excluding carboxylic acids is 1. The molecule has 0 aromatic rings. The number of nitriles is 1. The number of hydrogen-bond donors (Lipinski definition) is 0. The zero-order valence-corrected chi connectivity index (χ0v) is 12.9. The van der Waals surface area contributed by atoms with Crippen LogP contribution >= 0.6 is 0 Å². The van der Waals surface area contributed by atoms with Gasteiger partial charge in [0.1, 0.15) is 11.6 Å². The molecule has 1 aliphatic heterocycles. The largest absolute Gasteiger partial charge is 0.458 e. The van der Waals surface area contributed by atoms with Crippen molar-refractivity contribution in [2.45, 2.75) is 83.4 Å². The summed E-state index contributed by atoms with van der Waals surface area (Å²) >= 11 is 0. The van der Waals surface area contributed by atoms with E-state index < -0.39 is 5.60 Å². The van der Waals surface area contributed by atoms with Crippen LogP contribution in [0.2, 0.25) is 0 Å². The van der Waals surface area contributed by atoms with Gasteiger partial charge in [-0.25, -0.2) is 4.79 Å². The van der Waals surface area contributed by atoms with E-state index in [0.717, 1.165) is 12.8 Å². The molecule has 0 spiro atoms. The lowest BCUT2D eigenvalue weighted by molar-refractivity contribution is -0.159. The maximum Gasteiger partial charge on any atom is 0.330 e. The standard InChI is InChI=1S/C16H26N2O2/c1-16(2,3)20-15(19)14-10-9-13(18(14)11-17)12-7-5-4-6-8-12/h12-14H,4-10H2,1-3H3. The van der Waals surface area contributed by atoms with E-state index in [1.54, 1.807) is 4.90 Å². The predicted molar refractivity (Wildman–Crippen MR) is 76.7 cm³/mol. The summed E-state index contributed by atoms with van der Waals surface area (Å²) in [5, 5.41) is 9.45. The van der Waals surface area contributed by atoms with E-state index >= 15 is 0 Å². The second-order valence-corrected chi connectivity index (χ2v) is 7.10. The molecule has 4 nitrogen and oxygen atoms in total. The Labute approximate surface area is 122 Å². The molecule has 0 aromatic heterocycles. The topological polar surface area (TPSA) is 53.3 Å². The molecule has 1 saturated heterocycles. The minimum Gasteiger partial charge on any atom is -0.458 e. The maximum absolute atomic E-state index is 12.2. The van der Waals surface area contributed by atoms with E-state index in [1.807, 2.05) is 20.8 Å².